The first kappa shape index (κ1) is 20.9. The number of nitro benzene ring substituents is 1. The number of nitro groups is 1. The van der Waals surface area contributed by atoms with Crippen LogP contribution in [-0.4, -0.2) is 50.7 Å². The van der Waals surface area contributed by atoms with Gasteiger partial charge in [0.25, 0.3) is 11.6 Å². The summed E-state index contributed by atoms with van der Waals surface area (Å²) in [7, 11) is 1.46. The molecule has 2 aromatic carbocycles. The number of carbonyl (C=O) groups is 1. The first-order valence-electron chi connectivity index (χ1n) is 9.34. The Bertz CT molecular complexity index is 913. The molecule has 8 nitrogen and oxygen atoms in total. The number of amides is 1. The largest absolute Gasteiger partial charge is 0.495 e. The molecule has 2 N–H and O–H groups in total. The zero-order valence-corrected chi connectivity index (χ0v) is 17.2. The summed E-state index contributed by atoms with van der Waals surface area (Å²) in [5, 5.41) is 14.4. The molecule has 0 aliphatic carbocycles. The molecule has 1 saturated heterocycles. The highest BCUT2D eigenvalue weighted by Crippen LogP contribution is 2.28. The second-order valence-electron chi connectivity index (χ2n) is 7.03. The standard InChI is InChI=1S/C20H23ClN4O4/c1-14-3-4-15(21)11-18(14)24-9-7-23(8-10-24)13-20(26)22-17-12-16(25(27)28)5-6-19(17)29-2/h3-6,11-12H,7-10,13H2,1-2H3,(H,22,26)/p+1. The number of quaternary nitrogens is 1. The second kappa shape index (κ2) is 9.11. The highest BCUT2D eigenvalue weighted by atomic mass is 35.5. The smallest absolute Gasteiger partial charge is 0.279 e. The predicted molar refractivity (Wildman–Crippen MR) is 112 cm³/mol. The lowest BCUT2D eigenvalue weighted by Crippen LogP contribution is -3.15. The Labute approximate surface area is 174 Å². The summed E-state index contributed by atoms with van der Waals surface area (Å²) < 4.78 is 5.19. The number of hydrogen-bond acceptors (Lipinski definition) is 5. The molecule has 0 atom stereocenters. The Morgan fingerprint density at radius 3 is 2.66 bits per heavy atom. The van der Waals surface area contributed by atoms with Crippen LogP contribution in [0.1, 0.15) is 5.56 Å². The van der Waals surface area contributed by atoms with Gasteiger partial charge in [0.2, 0.25) is 0 Å². The third-order valence-corrected chi connectivity index (χ3v) is 5.30. The molecular formula is C20H24ClN4O4+. The van der Waals surface area contributed by atoms with E-state index in [1.54, 1.807) is 0 Å². The van der Waals surface area contributed by atoms with Gasteiger partial charge in [-0.15, -0.1) is 0 Å². The van der Waals surface area contributed by atoms with Crippen LogP contribution in [0.15, 0.2) is 36.4 Å². The maximum Gasteiger partial charge on any atom is 0.279 e. The quantitative estimate of drug-likeness (QED) is 0.551. The average molecular weight is 420 g/mol. The topological polar surface area (TPSA) is 89.1 Å². The lowest BCUT2D eigenvalue weighted by molar-refractivity contribution is -0.892. The maximum absolute atomic E-state index is 12.5. The van der Waals surface area contributed by atoms with Gasteiger partial charge in [-0.2, -0.15) is 0 Å². The molecule has 1 aliphatic rings. The van der Waals surface area contributed by atoms with Crippen LogP contribution in [0.3, 0.4) is 0 Å². The average Bonchev–Trinajstić information content (AvgIpc) is 2.70. The SMILES string of the molecule is COc1ccc([N+](=O)[O-])cc1NC(=O)C[NH+]1CCN(c2cc(Cl)ccc2C)CC1. The minimum atomic E-state index is -0.503. The van der Waals surface area contributed by atoms with Gasteiger partial charge in [0.1, 0.15) is 5.75 Å². The first-order chi connectivity index (χ1) is 13.9. The van der Waals surface area contributed by atoms with Crippen molar-refractivity contribution in [3.63, 3.8) is 0 Å². The minimum absolute atomic E-state index is 0.0982. The van der Waals surface area contributed by atoms with Gasteiger partial charge in [0.05, 0.1) is 43.9 Å². The normalized spacial score (nSPS) is 14.5. The molecular weight excluding hydrogens is 396 g/mol. The molecule has 1 amide bonds. The van der Waals surface area contributed by atoms with Crippen LogP contribution >= 0.6 is 11.6 Å². The molecule has 1 heterocycles. The van der Waals surface area contributed by atoms with E-state index in [4.69, 9.17) is 16.3 Å². The summed E-state index contributed by atoms with van der Waals surface area (Å²) in [6, 6.07) is 10.0. The number of ether oxygens (including phenoxy) is 1. The van der Waals surface area contributed by atoms with E-state index in [1.807, 2.05) is 18.2 Å². The van der Waals surface area contributed by atoms with E-state index in [0.717, 1.165) is 36.8 Å². The number of nitrogens with one attached hydrogen (secondary N) is 2. The van der Waals surface area contributed by atoms with Crippen LogP contribution in [0.25, 0.3) is 0 Å². The number of methoxy groups -OCH3 is 1. The summed E-state index contributed by atoms with van der Waals surface area (Å²) in [6.45, 7) is 5.61. The van der Waals surface area contributed by atoms with Gasteiger partial charge in [0, 0.05) is 22.8 Å². The third kappa shape index (κ3) is 5.16. The third-order valence-electron chi connectivity index (χ3n) is 5.06. The number of benzene rings is 2. The number of carbonyl (C=O) groups excluding carboxylic acids is 1. The molecule has 9 heteroatoms. The molecule has 2 aromatic rings. The predicted octanol–water partition coefficient (Wildman–Crippen LogP) is 1.91. The van der Waals surface area contributed by atoms with Crippen LogP contribution < -0.4 is 19.9 Å². The van der Waals surface area contributed by atoms with Gasteiger partial charge < -0.3 is 19.9 Å². The Kier molecular flexibility index (Phi) is 6.56. The molecule has 1 fully saturated rings. The Balaban J connectivity index is 1.58. The fraction of sp³-hybridized carbons (Fsp3) is 0.350. The van der Waals surface area contributed by atoms with Crippen molar-refractivity contribution in [2.24, 2.45) is 0 Å². The Morgan fingerprint density at radius 2 is 2.00 bits per heavy atom. The van der Waals surface area contributed by atoms with Gasteiger partial charge >= 0.3 is 0 Å². The molecule has 0 bridgehead atoms. The summed E-state index contributed by atoms with van der Waals surface area (Å²) >= 11 is 6.13. The number of non-ortho nitro benzene ring substituents is 1. The van der Waals surface area contributed by atoms with E-state index in [2.05, 4.69) is 17.1 Å². The van der Waals surface area contributed by atoms with Crippen LogP contribution in [0.5, 0.6) is 5.75 Å². The maximum atomic E-state index is 12.5. The molecule has 0 aromatic heterocycles. The van der Waals surface area contributed by atoms with E-state index in [9.17, 15) is 14.9 Å². The lowest BCUT2D eigenvalue weighted by Gasteiger charge is -2.34. The minimum Gasteiger partial charge on any atom is -0.495 e. The second-order valence-corrected chi connectivity index (χ2v) is 7.47. The molecule has 0 spiro atoms. The van der Waals surface area contributed by atoms with Crippen molar-refractivity contribution in [2.75, 3.05) is 50.1 Å². The van der Waals surface area contributed by atoms with E-state index >= 15 is 0 Å². The monoisotopic (exact) mass is 419 g/mol. The summed E-state index contributed by atoms with van der Waals surface area (Å²) in [4.78, 5) is 26.4. The van der Waals surface area contributed by atoms with Gasteiger partial charge in [-0.05, 0) is 30.7 Å². The summed E-state index contributed by atoms with van der Waals surface area (Å²) in [6.07, 6.45) is 0. The number of piperazine rings is 1. The van der Waals surface area contributed by atoms with Crippen molar-refractivity contribution in [3.8, 4) is 5.75 Å². The Morgan fingerprint density at radius 1 is 1.28 bits per heavy atom. The number of halogens is 1. The zero-order valence-electron chi connectivity index (χ0n) is 16.4. The summed E-state index contributed by atoms with van der Waals surface area (Å²) in [5.41, 5.74) is 2.51. The number of anilines is 2. The fourth-order valence-corrected chi connectivity index (χ4v) is 3.66. The molecule has 29 heavy (non-hydrogen) atoms. The molecule has 3 rings (SSSR count). The van der Waals surface area contributed by atoms with Gasteiger partial charge in [0.15, 0.2) is 6.54 Å². The van der Waals surface area contributed by atoms with Crippen molar-refractivity contribution in [2.45, 2.75) is 6.92 Å². The van der Waals surface area contributed by atoms with E-state index < -0.39 is 4.92 Å². The van der Waals surface area contributed by atoms with Crippen LogP contribution in [0, 0.1) is 17.0 Å². The lowest BCUT2D eigenvalue weighted by atomic mass is 10.1. The summed E-state index contributed by atoms with van der Waals surface area (Å²) in [5.74, 6) is 0.186. The van der Waals surface area contributed by atoms with Crippen LogP contribution in [0.2, 0.25) is 5.02 Å². The number of rotatable bonds is 6. The van der Waals surface area contributed by atoms with E-state index in [1.165, 1.54) is 30.9 Å². The molecule has 154 valence electrons. The van der Waals surface area contributed by atoms with Crippen LogP contribution in [0.4, 0.5) is 17.1 Å². The van der Waals surface area contributed by atoms with E-state index in [0.29, 0.717) is 16.5 Å². The fourth-order valence-electron chi connectivity index (χ4n) is 3.49. The first-order valence-corrected chi connectivity index (χ1v) is 9.72. The van der Waals surface area contributed by atoms with Crippen LogP contribution in [-0.2, 0) is 4.79 Å². The van der Waals surface area contributed by atoms with E-state index in [-0.39, 0.29) is 18.1 Å². The molecule has 0 unspecified atom stereocenters. The number of hydrogen-bond donors (Lipinski definition) is 2. The molecule has 0 radical (unpaired) electrons. The van der Waals surface area contributed by atoms with Crippen molar-refractivity contribution in [1.82, 2.24) is 0 Å². The van der Waals surface area contributed by atoms with Crippen molar-refractivity contribution >= 4 is 34.6 Å². The van der Waals surface area contributed by atoms with Crippen molar-refractivity contribution in [1.29, 1.82) is 0 Å². The number of nitrogens with zero attached hydrogens (tertiary/aromatic N) is 2. The van der Waals surface area contributed by atoms with Gasteiger partial charge in [-0.3, -0.25) is 14.9 Å². The van der Waals surface area contributed by atoms with Crippen molar-refractivity contribution in [3.05, 3.63) is 57.1 Å². The highest BCUT2D eigenvalue weighted by Gasteiger charge is 2.24. The van der Waals surface area contributed by atoms with Crippen molar-refractivity contribution < 1.29 is 19.4 Å². The van der Waals surface area contributed by atoms with Gasteiger partial charge in [-0.1, -0.05) is 17.7 Å². The van der Waals surface area contributed by atoms with Gasteiger partial charge in [-0.25, -0.2) is 0 Å². The number of aryl methyl sites for hydroxylation is 1. The Hall–Kier alpha value is -2.84. The molecule has 1 aliphatic heterocycles. The zero-order chi connectivity index (χ0) is 21.0. The molecule has 0 saturated carbocycles. The highest BCUT2D eigenvalue weighted by molar-refractivity contribution is 6.30.